The topological polar surface area (TPSA) is 231 Å². The van der Waals surface area contributed by atoms with Crippen molar-refractivity contribution in [3.63, 3.8) is 0 Å². The Morgan fingerprint density at radius 1 is 0.939 bits per heavy atom. The highest BCUT2D eigenvalue weighted by atomic mass is 16.4. The maximum absolute atomic E-state index is 13.0. The molecule has 3 unspecified atom stereocenters. The van der Waals surface area contributed by atoms with E-state index in [1.165, 1.54) is 6.33 Å². The highest BCUT2D eigenvalue weighted by Gasteiger charge is 2.28. The fourth-order valence-electron chi connectivity index (χ4n) is 3.09. The SMILES string of the molecule is NCCCCC(NC(=O)C(N)Cc1cnc[nH]1)C(=O)NC(CCCCN)C(=O)NCC(=O)O. The third-order valence-corrected chi connectivity index (χ3v) is 4.91. The van der Waals surface area contributed by atoms with E-state index in [-0.39, 0.29) is 12.8 Å². The molecule has 3 amide bonds. The van der Waals surface area contributed by atoms with E-state index in [2.05, 4.69) is 25.9 Å². The molecule has 1 rings (SSSR count). The lowest BCUT2D eigenvalue weighted by atomic mass is 10.0. The van der Waals surface area contributed by atoms with Crippen molar-refractivity contribution >= 4 is 23.7 Å². The van der Waals surface area contributed by atoms with E-state index in [4.69, 9.17) is 22.3 Å². The minimum Gasteiger partial charge on any atom is -0.480 e. The van der Waals surface area contributed by atoms with Crippen LogP contribution >= 0.6 is 0 Å². The van der Waals surface area contributed by atoms with E-state index in [1.807, 2.05) is 0 Å². The highest BCUT2D eigenvalue weighted by molar-refractivity contribution is 5.93. The van der Waals surface area contributed by atoms with E-state index in [1.54, 1.807) is 6.20 Å². The molecule has 0 aliphatic rings. The first-order chi connectivity index (χ1) is 15.8. The van der Waals surface area contributed by atoms with Gasteiger partial charge in [-0.3, -0.25) is 19.2 Å². The number of carboxylic acid groups (broad SMARTS) is 1. The van der Waals surface area contributed by atoms with Crippen LogP contribution in [0.3, 0.4) is 0 Å². The largest absolute Gasteiger partial charge is 0.480 e. The molecule has 0 aromatic carbocycles. The molecule has 1 heterocycles. The number of aromatic nitrogens is 2. The molecule has 1 aromatic rings. The number of imidazole rings is 1. The molecule has 13 nitrogen and oxygen atoms in total. The Morgan fingerprint density at radius 2 is 1.52 bits per heavy atom. The third-order valence-electron chi connectivity index (χ3n) is 4.91. The lowest BCUT2D eigenvalue weighted by Crippen LogP contribution is -2.56. The molecule has 0 radical (unpaired) electrons. The Kier molecular flexibility index (Phi) is 13.3. The van der Waals surface area contributed by atoms with Crippen molar-refractivity contribution in [3.8, 4) is 0 Å². The molecule has 11 N–H and O–H groups in total. The number of nitrogens with two attached hydrogens (primary N) is 3. The summed E-state index contributed by atoms with van der Waals surface area (Å²) in [6, 6.07) is -2.80. The standard InChI is InChI=1S/C20H36N8O5/c21-7-3-1-5-15(19(32)25-11-17(29)30)28-20(33)16(6-2-4-8-22)27-18(31)14(23)9-13-10-24-12-26-13/h10,12,14-16H,1-9,11,21-23H2,(H,24,26)(H,25,32)(H,27,31)(H,28,33)(H,29,30). The van der Waals surface area contributed by atoms with Crippen molar-refractivity contribution in [2.75, 3.05) is 19.6 Å². The number of hydrogen-bond donors (Lipinski definition) is 8. The molecular weight excluding hydrogens is 432 g/mol. The van der Waals surface area contributed by atoms with Gasteiger partial charge in [0.1, 0.15) is 18.6 Å². The van der Waals surface area contributed by atoms with Gasteiger partial charge in [-0.15, -0.1) is 0 Å². The molecule has 13 heteroatoms. The van der Waals surface area contributed by atoms with Crippen LogP contribution in [0.2, 0.25) is 0 Å². The number of nitrogens with one attached hydrogen (secondary N) is 4. The Labute approximate surface area is 192 Å². The van der Waals surface area contributed by atoms with Gasteiger partial charge in [0, 0.05) is 18.3 Å². The maximum atomic E-state index is 13.0. The Balaban J connectivity index is 2.82. The molecule has 0 saturated heterocycles. The Hall–Kier alpha value is -3.03. The predicted molar refractivity (Wildman–Crippen MR) is 121 cm³/mol. The summed E-state index contributed by atoms with van der Waals surface area (Å²) in [5.74, 6) is -2.90. The minimum atomic E-state index is -1.20. The van der Waals surface area contributed by atoms with Crippen LogP contribution in [0.5, 0.6) is 0 Å². The van der Waals surface area contributed by atoms with Crippen LogP contribution in [0, 0.1) is 0 Å². The van der Waals surface area contributed by atoms with Crippen LogP contribution in [0.4, 0.5) is 0 Å². The number of rotatable bonds is 17. The molecular formula is C20H36N8O5. The van der Waals surface area contributed by atoms with E-state index < -0.39 is 48.4 Å². The van der Waals surface area contributed by atoms with Crippen molar-refractivity contribution < 1.29 is 24.3 Å². The smallest absolute Gasteiger partial charge is 0.322 e. The molecule has 0 spiro atoms. The van der Waals surface area contributed by atoms with E-state index in [0.717, 1.165) is 0 Å². The number of aromatic amines is 1. The average molecular weight is 469 g/mol. The van der Waals surface area contributed by atoms with Gasteiger partial charge in [0.05, 0.1) is 12.4 Å². The molecule has 3 atom stereocenters. The summed E-state index contributed by atoms with van der Waals surface area (Å²) >= 11 is 0. The fraction of sp³-hybridized carbons (Fsp3) is 0.650. The van der Waals surface area contributed by atoms with Crippen LogP contribution < -0.4 is 33.2 Å². The first-order valence-electron chi connectivity index (χ1n) is 11.0. The minimum absolute atomic E-state index is 0.211. The number of H-pyrrole nitrogens is 1. The molecule has 1 aromatic heterocycles. The van der Waals surface area contributed by atoms with Crippen LogP contribution in [0.15, 0.2) is 12.5 Å². The van der Waals surface area contributed by atoms with Crippen molar-refractivity contribution in [2.24, 2.45) is 17.2 Å². The van der Waals surface area contributed by atoms with Gasteiger partial charge in [0.15, 0.2) is 0 Å². The van der Waals surface area contributed by atoms with E-state index >= 15 is 0 Å². The van der Waals surface area contributed by atoms with E-state index in [9.17, 15) is 19.2 Å². The van der Waals surface area contributed by atoms with Crippen molar-refractivity contribution in [2.45, 2.75) is 63.1 Å². The first-order valence-corrected chi connectivity index (χ1v) is 11.0. The average Bonchev–Trinajstić information content (AvgIpc) is 3.29. The number of amides is 3. The Bertz CT molecular complexity index is 743. The molecule has 0 bridgehead atoms. The summed E-state index contributed by atoms with van der Waals surface area (Å²) in [7, 11) is 0. The van der Waals surface area contributed by atoms with Crippen molar-refractivity contribution in [3.05, 3.63) is 18.2 Å². The van der Waals surface area contributed by atoms with Gasteiger partial charge in [-0.05, 0) is 51.6 Å². The number of carbonyl (C=O) groups excluding carboxylic acids is 3. The fourth-order valence-corrected chi connectivity index (χ4v) is 3.09. The summed E-state index contributed by atoms with van der Waals surface area (Å²) in [5, 5.41) is 16.4. The van der Waals surface area contributed by atoms with Gasteiger partial charge in [0.25, 0.3) is 0 Å². The molecule has 186 valence electrons. The van der Waals surface area contributed by atoms with Gasteiger partial charge < -0.3 is 43.2 Å². The monoisotopic (exact) mass is 468 g/mol. The van der Waals surface area contributed by atoms with Gasteiger partial charge in [0.2, 0.25) is 17.7 Å². The van der Waals surface area contributed by atoms with Crippen LogP contribution in [0.25, 0.3) is 0 Å². The maximum Gasteiger partial charge on any atom is 0.322 e. The zero-order valence-electron chi connectivity index (χ0n) is 18.7. The highest BCUT2D eigenvalue weighted by Crippen LogP contribution is 2.06. The second-order valence-electron chi connectivity index (χ2n) is 7.69. The Morgan fingerprint density at radius 3 is 2.03 bits per heavy atom. The lowest BCUT2D eigenvalue weighted by molar-refractivity contribution is -0.138. The quantitative estimate of drug-likeness (QED) is 0.115. The van der Waals surface area contributed by atoms with E-state index in [0.29, 0.717) is 50.9 Å². The summed E-state index contributed by atoms with van der Waals surface area (Å²) in [4.78, 5) is 55.5. The number of nitrogens with zero attached hydrogens (tertiary/aromatic N) is 1. The number of hydrogen-bond acceptors (Lipinski definition) is 8. The van der Waals surface area contributed by atoms with Crippen LogP contribution in [-0.2, 0) is 25.6 Å². The molecule has 0 aliphatic heterocycles. The van der Waals surface area contributed by atoms with Gasteiger partial charge in [-0.1, -0.05) is 0 Å². The number of aliphatic carboxylic acids is 1. The normalized spacial score (nSPS) is 13.5. The van der Waals surface area contributed by atoms with Gasteiger partial charge >= 0.3 is 5.97 Å². The summed E-state index contributed by atoms with van der Waals surface area (Å²) in [5.41, 5.74) is 17.7. The van der Waals surface area contributed by atoms with Gasteiger partial charge in [-0.2, -0.15) is 0 Å². The van der Waals surface area contributed by atoms with Crippen LogP contribution in [-0.4, -0.2) is 76.5 Å². The van der Waals surface area contributed by atoms with Crippen LogP contribution in [0.1, 0.15) is 44.2 Å². The zero-order chi connectivity index (χ0) is 24.6. The predicted octanol–water partition coefficient (Wildman–Crippen LogP) is -2.29. The summed E-state index contributed by atoms with van der Waals surface area (Å²) in [6.45, 7) is 0.283. The number of carbonyl (C=O) groups is 4. The third kappa shape index (κ3) is 11.4. The molecule has 0 fully saturated rings. The second kappa shape index (κ2) is 15.7. The van der Waals surface area contributed by atoms with Gasteiger partial charge in [-0.25, -0.2) is 4.98 Å². The molecule has 0 aliphatic carbocycles. The number of carboxylic acids is 1. The van der Waals surface area contributed by atoms with Crippen molar-refractivity contribution in [1.82, 2.24) is 25.9 Å². The lowest BCUT2D eigenvalue weighted by Gasteiger charge is -2.24. The number of unbranched alkanes of at least 4 members (excludes halogenated alkanes) is 2. The first kappa shape index (κ1) is 28.0. The second-order valence-corrected chi connectivity index (χ2v) is 7.69. The zero-order valence-corrected chi connectivity index (χ0v) is 18.7. The molecule has 33 heavy (non-hydrogen) atoms. The van der Waals surface area contributed by atoms with Crippen molar-refractivity contribution in [1.29, 1.82) is 0 Å². The summed E-state index contributed by atoms with van der Waals surface area (Å²) < 4.78 is 0. The summed E-state index contributed by atoms with van der Waals surface area (Å²) in [6.07, 6.45) is 6.24. The molecule has 0 saturated carbocycles.